The number of nitriles is 2. The van der Waals surface area contributed by atoms with Crippen LogP contribution in [0.15, 0.2) is 152 Å². The van der Waals surface area contributed by atoms with Crippen LogP contribution >= 0.6 is 0 Å². The van der Waals surface area contributed by atoms with E-state index in [1.807, 2.05) is 78.9 Å². The van der Waals surface area contributed by atoms with Crippen molar-refractivity contribution in [3.05, 3.63) is 174 Å². The maximum absolute atomic E-state index is 9.91. The number of para-hydroxylation sites is 3. The molecule has 5 heteroatoms. The summed E-state index contributed by atoms with van der Waals surface area (Å²) in [5, 5.41) is 23.7. The highest BCUT2D eigenvalue weighted by molar-refractivity contribution is 6.12. The molecule has 0 saturated heterocycles. The molecule has 2 aromatic heterocycles. The lowest BCUT2D eigenvalue weighted by atomic mass is 9.92. The van der Waals surface area contributed by atoms with Crippen LogP contribution in [0, 0.1) is 29.2 Å². The number of benzene rings is 7. The monoisotopic (exact) mass is 635 g/mol. The predicted octanol–water partition coefficient (Wildman–Crippen LogP) is 11.5. The fraction of sp³-hybridized carbons (Fsp3) is 0. The maximum atomic E-state index is 9.91. The minimum absolute atomic E-state index is 0.568. The van der Waals surface area contributed by atoms with E-state index in [9.17, 15) is 10.5 Å². The summed E-state index contributed by atoms with van der Waals surface area (Å²) in [6.07, 6.45) is 0. The van der Waals surface area contributed by atoms with Gasteiger partial charge in [0.1, 0.15) is 0 Å². The molecular weight excluding hydrogens is 611 g/mol. The summed E-state index contributed by atoms with van der Waals surface area (Å²) in [7, 11) is 0. The molecule has 0 atom stereocenters. The van der Waals surface area contributed by atoms with Gasteiger partial charge in [-0.05, 0) is 82.9 Å². The van der Waals surface area contributed by atoms with Crippen molar-refractivity contribution in [3.63, 3.8) is 0 Å². The van der Waals surface area contributed by atoms with Crippen LogP contribution in [0.3, 0.4) is 0 Å². The molecule has 50 heavy (non-hydrogen) atoms. The summed E-state index contributed by atoms with van der Waals surface area (Å²) < 4.78 is 4.45. The highest BCUT2D eigenvalue weighted by Crippen LogP contribution is 2.44. The van der Waals surface area contributed by atoms with Gasteiger partial charge in [0.05, 0.1) is 57.6 Å². The Labute approximate surface area is 288 Å². The number of hydrogen-bond acceptors (Lipinski definition) is 2. The van der Waals surface area contributed by atoms with Crippen LogP contribution in [0.25, 0.3) is 82.1 Å². The predicted molar refractivity (Wildman–Crippen MR) is 202 cm³/mol. The maximum Gasteiger partial charge on any atom is 0.195 e. The average Bonchev–Trinajstić information content (AvgIpc) is 3.70. The normalized spacial score (nSPS) is 11.1. The fourth-order valence-corrected chi connectivity index (χ4v) is 7.52. The number of hydrogen-bond donors (Lipinski definition) is 0. The molecule has 0 bridgehead atoms. The molecule has 9 rings (SSSR count). The summed E-state index contributed by atoms with van der Waals surface area (Å²) in [5.74, 6) is 0. The van der Waals surface area contributed by atoms with Crippen LogP contribution < -0.4 is 0 Å². The van der Waals surface area contributed by atoms with Crippen molar-refractivity contribution in [3.8, 4) is 45.8 Å². The molecule has 0 unspecified atom stereocenters. The highest BCUT2D eigenvalue weighted by Gasteiger charge is 2.21. The topological polar surface area (TPSA) is 61.8 Å². The van der Waals surface area contributed by atoms with Gasteiger partial charge in [0.15, 0.2) is 5.69 Å². The second kappa shape index (κ2) is 11.4. The van der Waals surface area contributed by atoms with E-state index in [2.05, 4.69) is 98.9 Å². The van der Waals surface area contributed by atoms with E-state index < -0.39 is 0 Å². The molecular formula is C45H25N5. The number of nitrogens with zero attached hydrogens (tertiary/aromatic N) is 5. The van der Waals surface area contributed by atoms with Crippen LogP contribution in [0.2, 0.25) is 0 Å². The molecule has 2 heterocycles. The SMILES string of the molecule is [C-]#[N+]c1cccc(-c2ccc(-n3c4ccccc4c4c(C#N)cccc43)cc2)c1-c1ccccc1-n1c2ccccc2c2cc(C#N)ccc21. The van der Waals surface area contributed by atoms with E-state index >= 15 is 0 Å². The largest absolute Gasteiger partial charge is 0.309 e. The Bertz CT molecular complexity index is 2960. The zero-order chi connectivity index (χ0) is 33.8. The molecule has 0 amide bonds. The van der Waals surface area contributed by atoms with E-state index in [0.717, 1.165) is 77.2 Å². The highest BCUT2D eigenvalue weighted by atomic mass is 15.0. The van der Waals surface area contributed by atoms with E-state index in [1.165, 1.54) is 0 Å². The Morgan fingerprint density at radius 1 is 0.520 bits per heavy atom. The Morgan fingerprint density at radius 2 is 1.18 bits per heavy atom. The molecule has 0 radical (unpaired) electrons. The smallest absolute Gasteiger partial charge is 0.195 e. The van der Waals surface area contributed by atoms with Crippen LogP contribution in [0.4, 0.5) is 5.69 Å². The van der Waals surface area contributed by atoms with Crippen molar-refractivity contribution in [2.45, 2.75) is 0 Å². The molecule has 0 aliphatic rings. The third-order valence-electron chi connectivity index (χ3n) is 9.63. The van der Waals surface area contributed by atoms with Gasteiger partial charge < -0.3 is 9.13 Å². The van der Waals surface area contributed by atoms with E-state index in [-0.39, 0.29) is 0 Å². The van der Waals surface area contributed by atoms with E-state index in [4.69, 9.17) is 6.57 Å². The van der Waals surface area contributed by atoms with Crippen LogP contribution in [0.1, 0.15) is 11.1 Å². The summed E-state index contributed by atoms with van der Waals surface area (Å²) in [4.78, 5) is 4.02. The van der Waals surface area contributed by atoms with Crippen LogP contribution in [-0.4, -0.2) is 9.13 Å². The van der Waals surface area contributed by atoms with E-state index in [0.29, 0.717) is 16.8 Å². The first kappa shape index (κ1) is 28.8. The molecule has 0 aliphatic heterocycles. The molecule has 0 spiro atoms. The fourth-order valence-electron chi connectivity index (χ4n) is 7.52. The van der Waals surface area contributed by atoms with Crippen molar-refractivity contribution in [2.24, 2.45) is 0 Å². The number of aromatic nitrogens is 2. The van der Waals surface area contributed by atoms with Crippen molar-refractivity contribution < 1.29 is 0 Å². The van der Waals surface area contributed by atoms with Crippen molar-refractivity contribution in [2.75, 3.05) is 0 Å². The third-order valence-corrected chi connectivity index (χ3v) is 9.63. The summed E-state index contributed by atoms with van der Waals surface area (Å²) in [6.45, 7) is 8.22. The Hall–Kier alpha value is -7.39. The van der Waals surface area contributed by atoms with Gasteiger partial charge in [-0.3, -0.25) is 0 Å². The molecule has 0 fully saturated rings. The standard InChI is InChI=1S/C45H25N5/c1-48-38-15-9-14-33(30-21-23-32(24-22-30)49-40-17-6-3-12-35(40)44-31(28-47)10-8-19-43(44)49)45(38)36-13-4-7-18-41(36)50-39-16-5-2-11-34(39)37-26-29(27-46)20-25-42(37)50/h2-26H. The second-order valence-corrected chi connectivity index (χ2v) is 12.2. The molecule has 9 aromatic rings. The van der Waals surface area contributed by atoms with Gasteiger partial charge >= 0.3 is 0 Å². The lowest BCUT2D eigenvalue weighted by molar-refractivity contribution is 1.18. The Kier molecular flexibility index (Phi) is 6.56. The van der Waals surface area contributed by atoms with Gasteiger partial charge in [0, 0.05) is 27.2 Å². The zero-order valence-corrected chi connectivity index (χ0v) is 26.7. The second-order valence-electron chi connectivity index (χ2n) is 12.2. The van der Waals surface area contributed by atoms with Gasteiger partial charge in [-0.25, -0.2) is 4.85 Å². The molecule has 230 valence electrons. The van der Waals surface area contributed by atoms with Gasteiger partial charge in [-0.15, -0.1) is 0 Å². The zero-order valence-electron chi connectivity index (χ0n) is 26.7. The number of rotatable bonds is 4. The van der Waals surface area contributed by atoms with Gasteiger partial charge in [0.25, 0.3) is 0 Å². The Morgan fingerprint density at radius 3 is 1.96 bits per heavy atom. The lowest BCUT2D eigenvalue weighted by Crippen LogP contribution is -1.98. The lowest BCUT2D eigenvalue weighted by Gasteiger charge is -2.18. The third kappa shape index (κ3) is 4.24. The first-order valence-corrected chi connectivity index (χ1v) is 16.3. The first-order chi connectivity index (χ1) is 24.7. The van der Waals surface area contributed by atoms with Crippen molar-refractivity contribution in [1.29, 1.82) is 10.5 Å². The molecule has 0 saturated carbocycles. The van der Waals surface area contributed by atoms with Gasteiger partial charge in [-0.1, -0.05) is 91.0 Å². The van der Waals surface area contributed by atoms with Crippen molar-refractivity contribution >= 4 is 49.3 Å². The minimum atomic E-state index is 0.568. The minimum Gasteiger partial charge on any atom is -0.309 e. The molecule has 5 nitrogen and oxygen atoms in total. The van der Waals surface area contributed by atoms with E-state index in [1.54, 1.807) is 0 Å². The average molecular weight is 636 g/mol. The number of fused-ring (bicyclic) bond motifs is 6. The van der Waals surface area contributed by atoms with Crippen molar-refractivity contribution in [1.82, 2.24) is 9.13 Å². The summed E-state index contributed by atoms with van der Waals surface area (Å²) >= 11 is 0. The van der Waals surface area contributed by atoms with Crippen LogP contribution in [-0.2, 0) is 0 Å². The first-order valence-electron chi connectivity index (χ1n) is 16.3. The molecule has 0 N–H and O–H groups in total. The summed E-state index contributed by atoms with van der Waals surface area (Å²) in [5.41, 5.74) is 11.6. The Balaban J connectivity index is 1.25. The van der Waals surface area contributed by atoms with Crippen LogP contribution in [0.5, 0.6) is 0 Å². The van der Waals surface area contributed by atoms with Gasteiger partial charge in [0.2, 0.25) is 0 Å². The molecule has 0 aliphatic carbocycles. The quantitative estimate of drug-likeness (QED) is 0.181. The molecule has 7 aromatic carbocycles. The summed E-state index contributed by atoms with van der Waals surface area (Å²) in [6, 6.07) is 55.4. The van der Waals surface area contributed by atoms with Gasteiger partial charge in [-0.2, -0.15) is 10.5 Å².